The highest BCUT2D eigenvalue weighted by molar-refractivity contribution is 5.70. The third-order valence-electron chi connectivity index (χ3n) is 2.15. The van der Waals surface area contributed by atoms with Crippen molar-refractivity contribution >= 4 is 5.97 Å². The number of esters is 1. The first-order valence-electron chi connectivity index (χ1n) is 5.45. The Kier molecular flexibility index (Phi) is 6.52. The molecule has 0 radical (unpaired) electrons. The molecule has 0 saturated heterocycles. The number of ether oxygens (including phenoxy) is 1. The summed E-state index contributed by atoms with van der Waals surface area (Å²) in [7, 11) is 0. The predicted octanol–water partition coefficient (Wildman–Crippen LogP) is 1.07. The quantitative estimate of drug-likeness (QED) is 0.494. The van der Waals surface area contributed by atoms with E-state index >= 15 is 0 Å². The third kappa shape index (κ3) is 8.39. The molecule has 0 aromatic heterocycles. The molecule has 0 fully saturated rings. The van der Waals surface area contributed by atoms with Gasteiger partial charge in [0.2, 0.25) is 0 Å². The van der Waals surface area contributed by atoms with Crippen molar-refractivity contribution in [1.29, 1.82) is 0 Å². The van der Waals surface area contributed by atoms with Crippen LogP contribution < -0.4 is 5.73 Å². The summed E-state index contributed by atoms with van der Waals surface area (Å²) in [6, 6.07) is 0. The maximum absolute atomic E-state index is 11.2. The maximum Gasteiger partial charge on any atom is 0.308 e. The summed E-state index contributed by atoms with van der Waals surface area (Å²) in [5, 5.41) is 9.51. The van der Waals surface area contributed by atoms with Gasteiger partial charge in [-0.05, 0) is 25.7 Å². The van der Waals surface area contributed by atoms with Crippen molar-refractivity contribution < 1.29 is 14.6 Å². The van der Waals surface area contributed by atoms with Gasteiger partial charge in [0.1, 0.15) is 0 Å². The molecule has 4 nitrogen and oxygen atoms in total. The Balaban J connectivity index is 3.58. The van der Waals surface area contributed by atoms with Gasteiger partial charge >= 0.3 is 5.97 Å². The van der Waals surface area contributed by atoms with Gasteiger partial charge in [-0.2, -0.15) is 0 Å². The smallest absolute Gasteiger partial charge is 0.308 e. The van der Waals surface area contributed by atoms with E-state index in [2.05, 4.69) is 13.8 Å². The number of hydrogen-bond donors (Lipinski definition) is 2. The summed E-state index contributed by atoms with van der Waals surface area (Å²) in [4.78, 5) is 11.2. The average Bonchev–Trinajstić information content (AvgIpc) is 2.11. The Bertz CT molecular complexity index is 190. The topological polar surface area (TPSA) is 72.5 Å². The minimum atomic E-state index is -1.14. The number of nitrogens with two attached hydrogens (primary N) is 1. The van der Waals surface area contributed by atoms with Crippen molar-refractivity contribution in [3.05, 3.63) is 0 Å². The van der Waals surface area contributed by atoms with Gasteiger partial charge < -0.3 is 15.6 Å². The van der Waals surface area contributed by atoms with E-state index in [9.17, 15) is 9.90 Å². The zero-order valence-electron chi connectivity index (χ0n) is 9.95. The highest BCUT2D eigenvalue weighted by atomic mass is 16.5. The second kappa shape index (κ2) is 6.80. The lowest BCUT2D eigenvalue weighted by molar-refractivity contribution is -0.148. The molecule has 15 heavy (non-hydrogen) atoms. The minimum absolute atomic E-state index is 0.0365. The van der Waals surface area contributed by atoms with E-state index in [-0.39, 0.29) is 18.9 Å². The largest absolute Gasteiger partial charge is 0.466 e. The number of hydrogen-bond acceptors (Lipinski definition) is 4. The molecule has 0 spiro atoms. The van der Waals surface area contributed by atoms with Gasteiger partial charge in [-0.25, -0.2) is 0 Å². The Labute approximate surface area is 91.8 Å². The van der Waals surface area contributed by atoms with Crippen LogP contribution in [0.15, 0.2) is 0 Å². The molecule has 0 aliphatic rings. The van der Waals surface area contributed by atoms with Crippen LogP contribution in [0.1, 0.15) is 40.0 Å². The summed E-state index contributed by atoms with van der Waals surface area (Å²) >= 11 is 0. The molecule has 0 aliphatic heterocycles. The van der Waals surface area contributed by atoms with Crippen molar-refractivity contribution in [2.75, 3.05) is 13.2 Å². The minimum Gasteiger partial charge on any atom is -0.466 e. The fourth-order valence-electron chi connectivity index (χ4n) is 1.11. The van der Waals surface area contributed by atoms with Crippen LogP contribution in [0.25, 0.3) is 0 Å². The molecule has 4 heteroatoms. The first-order chi connectivity index (χ1) is 6.87. The Morgan fingerprint density at radius 2 is 2.13 bits per heavy atom. The Morgan fingerprint density at radius 3 is 2.60 bits per heavy atom. The standard InChI is InChI=1S/C11H23NO3/c1-9(2)5-4-6-15-10(13)7-11(3,14)8-12/h9,14H,4-8,12H2,1-3H3. The van der Waals surface area contributed by atoms with Crippen molar-refractivity contribution in [2.24, 2.45) is 11.7 Å². The van der Waals surface area contributed by atoms with E-state index in [4.69, 9.17) is 10.5 Å². The van der Waals surface area contributed by atoms with E-state index in [1.807, 2.05) is 0 Å². The van der Waals surface area contributed by atoms with Gasteiger partial charge in [0.15, 0.2) is 0 Å². The van der Waals surface area contributed by atoms with Crippen LogP contribution in [0.5, 0.6) is 0 Å². The third-order valence-corrected chi connectivity index (χ3v) is 2.15. The summed E-state index contributed by atoms with van der Waals surface area (Å²) in [5.74, 6) is 0.241. The summed E-state index contributed by atoms with van der Waals surface area (Å²) in [5.41, 5.74) is 4.15. The molecule has 0 aromatic rings. The van der Waals surface area contributed by atoms with E-state index in [1.54, 1.807) is 0 Å². The SMILES string of the molecule is CC(C)CCCOC(=O)CC(C)(O)CN. The summed E-state index contributed by atoms with van der Waals surface area (Å²) in [6.45, 7) is 6.27. The molecule has 0 heterocycles. The van der Waals surface area contributed by atoms with Crippen LogP contribution in [0.2, 0.25) is 0 Å². The van der Waals surface area contributed by atoms with E-state index in [0.29, 0.717) is 12.5 Å². The lowest BCUT2D eigenvalue weighted by atomic mass is 10.0. The van der Waals surface area contributed by atoms with Crippen molar-refractivity contribution in [2.45, 2.75) is 45.6 Å². The number of carbonyl (C=O) groups excluding carboxylic acids is 1. The van der Waals surface area contributed by atoms with Crippen LogP contribution in [-0.2, 0) is 9.53 Å². The monoisotopic (exact) mass is 217 g/mol. The molecule has 0 rings (SSSR count). The van der Waals surface area contributed by atoms with Gasteiger partial charge in [-0.15, -0.1) is 0 Å². The molecular weight excluding hydrogens is 194 g/mol. The second-order valence-corrected chi connectivity index (χ2v) is 4.63. The molecule has 0 aromatic carbocycles. The Morgan fingerprint density at radius 1 is 1.53 bits per heavy atom. The van der Waals surface area contributed by atoms with Crippen molar-refractivity contribution in [3.63, 3.8) is 0 Å². The highest BCUT2D eigenvalue weighted by Crippen LogP contribution is 2.09. The van der Waals surface area contributed by atoms with Crippen molar-refractivity contribution in [3.8, 4) is 0 Å². The lowest BCUT2D eigenvalue weighted by Crippen LogP contribution is -2.37. The second-order valence-electron chi connectivity index (χ2n) is 4.63. The number of aliphatic hydroxyl groups is 1. The molecule has 1 unspecified atom stereocenters. The first kappa shape index (κ1) is 14.4. The van der Waals surface area contributed by atoms with Gasteiger partial charge in [-0.1, -0.05) is 13.8 Å². The number of rotatable bonds is 7. The lowest BCUT2D eigenvalue weighted by Gasteiger charge is -2.19. The maximum atomic E-state index is 11.2. The van der Waals surface area contributed by atoms with Gasteiger partial charge in [0.05, 0.1) is 18.6 Å². The molecular formula is C11H23NO3. The number of carbonyl (C=O) groups is 1. The highest BCUT2D eigenvalue weighted by Gasteiger charge is 2.23. The molecule has 90 valence electrons. The first-order valence-corrected chi connectivity index (χ1v) is 5.45. The van der Waals surface area contributed by atoms with Crippen LogP contribution in [0, 0.1) is 5.92 Å². The van der Waals surface area contributed by atoms with Crippen molar-refractivity contribution in [1.82, 2.24) is 0 Å². The van der Waals surface area contributed by atoms with E-state index in [1.165, 1.54) is 6.92 Å². The van der Waals surface area contributed by atoms with Crippen LogP contribution >= 0.6 is 0 Å². The van der Waals surface area contributed by atoms with Gasteiger partial charge in [-0.3, -0.25) is 4.79 Å². The van der Waals surface area contributed by atoms with Crippen LogP contribution in [0.3, 0.4) is 0 Å². The summed E-state index contributed by atoms with van der Waals surface area (Å²) < 4.78 is 4.98. The fraction of sp³-hybridized carbons (Fsp3) is 0.909. The molecule has 0 bridgehead atoms. The molecule has 3 N–H and O–H groups in total. The van der Waals surface area contributed by atoms with Gasteiger partial charge in [0.25, 0.3) is 0 Å². The zero-order valence-corrected chi connectivity index (χ0v) is 9.95. The molecule has 0 aliphatic carbocycles. The normalized spacial score (nSPS) is 15.1. The predicted molar refractivity (Wildman–Crippen MR) is 59.3 cm³/mol. The molecule has 1 atom stereocenters. The van der Waals surface area contributed by atoms with E-state index < -0.39 is 5.60 Å². The molecule has 0 amide bonds. The fourth-order valence-corrected chi connectivity index (χ4v) is 1.11. The zero-order chi connectivity index (χ0) is 11.9. The summed E-state index contributed by atoms with van der Waals surface area (Å²) in [6.07, 6.45) is 1.87. The molecule has 0 saturated carbocycles. The van der Waals surface area contributed by atoms with Crippen LogP contribution in [0.4, 0.5) is 0 Å². The Hall–Kier alpha value is -0.610. The van der Waals surface area contributed by atoms with E-state index in [0.717, 1.165) is 12.8 Å². The average molecular weight is 217 g/mol. The van der Waals surface area contributed by atoms with Gasteiger partial charge in [0, 0.05) is 6.54 Å². The van der Waals surface area contributed by atoms with Crippen LogP contribution in [-0.4, -0.2) is 29.8 Å².